The second-order valence-corrected chi connectivity index (χ2v) is 5.52. The van der Waals surface area contributed by atoms with Crippen molar-refractivity contribution in [2.45, 2.75) is 13.1 Å². The van der Waals surface area contributed by atoms with E-state index in [1.54, 1.807) is 11.4 Å². The van der Waals surface area contributed by atoms with E-state index in [9.17, 15) is 10.1 Å². The third-order valence-corrected chi connectivity index (χ3v) is 4.01. The van der Waals surface area contributed by atoms with Gasteiger partial charge in [0.2, 0.25) is 0 Å². The van der Waals surface area contributed by atoms with Gasteiger partial charge in [0.25, 0.3) is 0 Å². The van der Waals surface area contributed by atoms with Crippen molar-refractivity contribution in [2.24, 2.45) is 0 Å². The van der Waals surface area contributed by atoms with Crippen molar-refractivity contribution in [1.82, 2.24) is 5.32 Å². The Kier molecular flexibility index (Phi) is 4.03. The lowest BCUT2D eigenvalue weighted by molar-refractivity contribution is -0.380. The largest absolute Gasteiger partial charge is 0.486 e. The van der Waals surface area contributed by atoms with Crippen LogP contribution < -0.4 is 14.8 Å². The van der Waals surface area contributed by atoms with E-state index in [4.69, 9.17) is 9.47 Å². The number of rotatable bonds is 5. The Hall–Kier alpha value is -2.12. The molecule has 2 heterocycles. The van der Waals surface area contributed by atoms with Crippen LogP contribution in [0, 0.1) is 10.1 Å². The Morgan fingerprint density at radius 1 is 1.14 bits per heavy atom. The highest BCUT2D eigenvalue weighted by molar-refractivity contribution is 7.13. The molecule has 110 valence electrons. The molecular weight excluding hydrogens is 292 g/mol. The van der Waals surface area contributed by atoms with Gasteiger partial charge >= 0.3 is 5.00 Å². The molecule has 1 aromatic carbocycles. The fourth-order valence-corrected chi connectivity index (χ4v) is 2.83. The van der Waals surface area contributed by atoms with Gasteiger partial charge in [-0.15, -0.1) is 0 Å². The Balaban J connectivity index is 1.56. The van der Waals surface area contributed by atoms with Gasteiger partial charge in [-0.1, -0.05) is 17.4 Å². The number of nitrogens with zero attached hydrogens (tertiary/aromatic N) is 1. The highest BCUT2D eigenvalue weighted by atomic mass is 32.1. The van der Waals surface area contributed by atoms with Crippen LogP contribution in [-0.2, 0) is 13.1 Å². The first-order valence-electron chi connectivity index (χ1n) is 6.53. The van der Waals surface area contributed by atoms with Crippen LogP contribution in [0.2, 0.25) is 0 Å². The van der Waals surface area contributed by atoms with Crippen LogP contribution in [0.1, 0.15) is 11.1 Å². The summed E-state index contributed by atoms with van der Waals surface area (Å²) < 4.78 is 11.0. The maximum Gasteiger partial charge on any atom is 0.324 e. The molecule has 0 unspecified atom stereocenters. The lowest BCUT2D eigenvalue weighted by Crippen LogP contribution is -2.16. The molecule has 3 rings (SSSR count). The van der Waals surface area contributed by atoms with Crippen LogP contribution in [0.25, 0.3) is 0 Å². The Labute approximate surface area is 125 Å². The average Bonchev–Trinajstić information content (AvgIpc) is 2.96. The average molecular weight is 306 g/mol. The summed E-state index contributed by atoms with van der Waals surface area (Å²) in [4.78, 5) is 10.2. The van der Waals surface area contributed by atoms with Crippen molar-refractivity contribution in [2.75, 3.05) is 13.2 Å². The summed E-state index contributed by atoms with van der Waals surface area (Å²) in [5, 5.41) is 15.9. The van der Waals surface area contributed by atoms with Crippen LogP contribution in [-0.4, -0.2) is 18.1 Å². The summed E-state index contributed by atoms with van der Waals surface area (Å²) in [5.74, 6) is 1.55. The topological polar surface area (TPSA) is 73.6 Å². The fraction of sp³-hybridized carbons (Fsp3) is 0.286. The molecule has 0 spiro atoms. The van der Waals surface area contributed by atoms with Gasteiger partial charge < -0.3 is 14.8 Å². The van der Waals surface area contributed by atoms with E-state index in [-0.39, 0.29) is 9.92 Å². The van der Waals surface area contributed by atoms with E-state index in [1.807, 2.05) is 18.2 Å². The van der Waals surface area contributed by atoms with Gasteiger partial charge in [-0.2, -0.15) is 0 Å². The van der Waals surface area contributed by atoms with Gasteiger partial charge in [0, 0.05) is 24.5 Å². The third-order valence-electron chi connectivity index (χ3n) is 3.08. The van der Waals surface area contributed by atoms with Gasteiger partial charge in [-0.25, -0.2) is 0 Å². The van der Waals surface area contributed by atoms with Crippen LogP contribution in [0.5, 0.6) is 11.5 Å². The van der Waals surface area contributed by atoms with Crippen molar-refractivity contribution >= 4 is 16.3 Å². The van der Waals surface area contributed by atoms with Crippen molar-refractivity contribution in [1.29, 1.82) is 0 Å². The first-order valence-corrected chi connectivity index (χ1v) is 7.41. The summed E-state index contributed by atoms with van der Waals surface area (Å²) in [6, 6.07) is 7.44. The van der Waals surface area contributed by atoms with E-state index in [0.29, 0.717) is 26.3 Å². The molecule has 0 saturated carbocycles. The molecule has 0 atom stereocenters. The maximum atomic E-state index is 10.6. The minimum Gasteiger partial charge on any atom is -0.486 e. The number of thiophene rings is 1. The van der Waals surface area contributed by atoms with Crippen molar-refractivity contribution in [3.8, 4) is 11.5 Å². The van der Waals surface area contributed by atoms with Gasteiger partial charge in [0.05, 0.1) is 4.92 Å². The molecule has 21 heavy (non-hydrogen) atoms. The molecule has 0 saturated heterocycles. The molecule has 0 bridgehead atoms. The van der Waals surface area contributed by atoms with Gasteiger partial charge in [0.15, 0.2) is 11.5 Å². The molecule has 0 aliphatic carbocycles. The van der Waals surface area contributed by atoms with E-state index < -0.39 is 0 Å². The van der Waals surface area contributed by atoms with Crippen LogP contribution in [0.4, 0.5) is 5.00 Å². The molecule has 1 aromatic heterocycles. The smallest absolute Gasteiger partial charge is 0.324 e. The number of ether oxygens (including phenoxy) is 2. The standard InChI is InChI=1S/C14H14N2O4S/c17-16(18)14-6-11(9-21-14)8-15-7-10-1-2-12-13(5-10)20-4-3-19-12/h1-2,5-6,9,15H,3-4,7-8H2. The number of nitro groups is 1. The second-order valence-electron chi connectivity index (χ2n) is 4.63. The summed E-state index contributed by atoms with van der Waals surface area (Å²) in [6.45, 7) is 2.42. The lowest BCUT2D eigenvalue weighted by atomic mass is 10.2. The maximum absolute atomic E-state index is 10.6. The zero-order chi connectivity index (χ0) is 14.7. The van der Waals surface area contributed by atoms with Gasteiger partial charge in [-0.3, -0.25) is 10.1 Å². The molecule has 1 aliphatic heterocycles. The number of hydrogen-bond acceptors (Lipinski definition) is 6. The first-order chi connectivity index (χ1) is 10.2. The van der Waals surface area contributed by atoms with Crippen LogP contribution in [0.15, 0.2) is 29.6 Å². The molecule has 2 aromatic rings. The number of hydrogen-bond donors (Lipinski definition) is 1. The van der Waals surface area contributed by atoms with E-state index in [2.05, 4.69) is 5.32 Å². The summed E-state index contributed by atoms with van der Waals surface area (Å²) in [6.07, 6.45) is 0. The summed E-state index contributed by atoms with van der Waals surface area (Å²) >= 11 is 1.15. The molecule has 0 fully saturated rings. The highest BCUT2D eigenvalue weighted by Gasteiger charge is 2.12. The second kappa shape index (κ2) is 6.11. The molecular formula is C14H14N2O4S. The minimum atomic E-state index is -0.366. The number of nitrogens with one attached hydrogen (secondary N) is 1. The number of fused-ring (bicyclic) bond motifs is 1. The van der Waals surface area contributed by atoms with Crippen LogP contribution in [0.3, 0.4) is 0 Å². The predicted octanol–water partition coefficient (Wildman–Crippen LogP) is 2.72. The highest BCUT2D eigenvalue weighted by Crippen LogP contribution is 2.30. The first kappa shape index (κ1) is 13.8. The van der Waals surface area contributed by atoms with Crippen molar-refractivity contribution in [3.63, 3.8) is 0 Å². The quantitative estimate of drug-likeness (QED) is 0.679. The molecule has 1 aliphatic rings. The summed E-state index contributed by atoms with van der Waals surface area (Å²) in [7, 11) is 0. The third kappa shape index (κ3) is 3.32. The zero-order valence-electron chi connectivity index (χ0n) is 11.2. The molecule has 7 heteroatoms. The Morgan fingerprint density at radius 2 is 1.90 bits per heavy atom. The zero-order valence-corrected chi connectivity index (χ0v) is 12.0. The number of benzene rings is 1. The molecule has 0 amide bonds. The Morgan fingerprint density at radius 3 is 2.67 bits per heavy atom. The normalized spacial score (nSPS) is 13.1. The minimum absolute atomic E-state index is 0.172. The monoisotopic (exact) mass is 306 g/mol. The van der Waals surface area contributed by atoms with E-state index >= 15 is 0 Å². The van der Waals surface area contributed by atoms with Gasteiger partial charge in [-0.05, 0) is 23.3 Å². The Bertz CT molecular complexity index is 656. The molecule has 0 radical (unpaired) electrons. The van der Waals surface area contributed by atoms with Crippen LogP contribution >= 0.6 is 11.3 Å². The van der Waals surface area contributed by atoms with Crippen molar-refractivity contribution < 1.29 is 14.4 Å². The van der Waals surface area contributed by atoms with Gasteiger partial charge in [0.1, 0.15) is 13.2 Å². The van der Waals surface area contributed by atoms with Crippen molar-refractivity contribution in [3.05, 3.63) is 50.9 Å². The predicted molar refractivity (Wildman–Crippen MR) is 78.9 cm³/mol. The lowest BCUT2D eigenvalue weighted by Gasteiger charge is -2.18. The molecule has 1 N–H and O–H groups in total. The van der Waals surface area contributed by atoms with E-state index in [1.165, 1.54) is 0 Å². The molecule has 6 nitrogen and oxygen atoms in total. The summed E-state index contributed by atoms with van der Waals surface area (Å²) in [5.41, 5.74) is 2.01. The SMILES string of the molecule is O=[N+]([O-])c1cc(CNCc2ccc3c(c2)OCCO3)cs1. The van der Waals surface area contributed by atoms with E-state index in [0.717, 1.165) is 34.0 Å². The fourth-order valence-electron chi connectivity index (χ4n) is 2.10.